The zero-order valence-corrected chi connectivity index (χ0v) is 15.6. The lowest BCUT2D eigenvalue weighted by atomic mass is 10.1. The molecule has 0 saturated heterocycles. The van der Waals surface area contributed by atoms with Gasteiger partial charge in [0.25, 0.3) is 0 Å². The van der Waals surface area contributed by atoms with Crippen molar-refractivity contribution in [2.75, 3.05) is 7.11 Å². The van der Waals surface area contributed by atoms with Gasteiger partial charge in [0.2, 0.25) is 0 Å². The Balaban J connectivity index is 2.14. The number of ether oxygens (including phenoxy) is 1. The van der Waals surface area contributed by atoms with Crippen molar-refractivity contribution in [2.45, 2.75) is 26.5 Å². The predicted octanol–water partition coefficient (Wildman–Crippen LogP) is 3.98. The van der Waals surface area contributed by atoms with E-state index in [9.17, 15) is 9.90 Å². The second kappa shape index (κ2) is 7.35. The van der Waals surface area contributed by atoms with Gasteiger partial charge in [0, 0.05) is 33.6 Å². The van der Waals surface area contributed by atoms with E-state index in [-0.39, 0.29) is 0 Å². The lowest BCUT2D eigenvalue weighted by Gasteiger charge is -2.08. The summed E-state index contributed by atoms with van der Waals surface area (Å²) >= 11 is 6.30. The maximum Gasteiger partial charge on any atom is 0.418 e. The summed E-state index contributed by atoms with van der Waals surface area (Å²) in [5.41, 5.74) is 3.92. The molecule has 1 atom stereocenters. The summed E-state index contributed by atoms with van der Waals surface area (Å²) in [5, 5.41) is 14.5. The number of rotatable bonds is 4. The molecule has 0 saturated carbocycles. The number of benzene rings is 1. The van der Waals surface area contributed by atoms with Crippen molar-refractivity contribution in [2.24, 2.45) is 0 Å². The van der Waals surface area contributed by atoms with E-state index in [0.717, 1.165) is 22.4 Å². The Morgan fingerprint density at radius 3 is 2.73 bits per heavy atom. The van der Waals surface area contributed by atoms with E-state index in [2.05, 4.69) is 5.10 Å². The fourth-order valence-corrected chi connectivity index (χ4v) is 3.14. The van der Waals surface area contributed by atoms with Gasteiger partial charge in [-0.15, -0.1) is 0 Å². The first-order valence-corrected chi connectivity index (χ1v) is 8.56. The van der Waals surface area contributed by atoms with E-state index >= 15 is 0 Å². The van der Waals surface area contributed by atoms with Crippen LogP contribution >= 0.6 is 11.6 Å². The van der Waals surface area contributed by atoms with E-state index < -0.39 is 12.2 Å². The monoisotopic (exact) mass is 373 g/mol. The van der Waals surface area contributed by atoms with Gasteiger partial charge < -0.3 is 9.84 Å². The highest BCUT2D eigenvalue weighted by molar-refractivity contribution is 6.33. The molecule has 2 aromatic heterocycles. The standard InChI is InChI=1S/C19H20ClN3O3/c1-12(24)10-23-13(2)16(9-21-23)18-8-14(11-22(18)19(25)26-3)15-6-4-5-7-17(15)20/h4-9,11-12,24H,10H2,1-3H3/t12-/m0/s1. The van der Waals surface area contributed by atoms with Crippen molar-refractivity contribution in [3.05, 3.63) is 53.4 Å². The van der Waals surface area contributed by atoms with Crippen molar-refractivity contribution >= 4 is 17.7 Å². The van der Waals surface area contributed by atoms with Crippen molar-refractivity contribution < 1.29 is 14.6 Å². The molecule has 26 heavy (non-hydrogen) atoms. The minimum Gasteiger partial charge on any atom is -0.452 e. The Labute approximate surface area is 156 Å². The average molecular weight is 374 g/mol. The summed E-state index contributed by atoms with van der Waals surface area (Å²) in [6.07, 6.45) is 2.37. The number of nitrogens with zero attached hydrogens (tertiary/aromatic N) is 3. The first-order chi connectivity index (χ1) is 12.4. The number of carbonyl (C=O) groups is 1. The molecule has 3 rings (SSSR count). The molecule has 0 aliphatic carbocycles. The van der Waals surface area contributed by atoms with Gasteiger partial charge >= 0.3 is 6.09 Å². The minimum absolute atomic E-state index is 0.377. The van der Waals surface area contributed by atoms with E-state index in [0.29, 0.717) is 17.3 Å². The van der Waals surface area contributed by atoms with Gasteiger partial charge in [0.15, 0.2) is 0 Å². The van der Waals surface area contributed by atoms with Crippen molar-refractivity contribution in [1.29, 1.82) is 0 Å². The van der Waals surface area contributed by atoms with Crippen LogP contribution in [0.2, 0.25) is 5.02 Å². The molecule has 1 N–H and O–H groups in total. The molecule has 1 aromatic carbocycles. The van der Waals surface area contributed by atoms with E-state index in [1.807, 2.05) is 31.2 Å². The number of aliphatic hydroxyl groups excluding tert-OH is 1. The van der Waals surface area contributed by atoms with Crippen LogP contribution < -0.4 is 0 Å². The van der Waals surface area contributed by atoms with Gasteiger partial charge in [0.1, 0.15) is 0 Å². The van der Waals surface area contributed by atoms with Crippen LogP contribution in [0, 0.1) is 6.92 Å². The Kier molecular flexibility index (Phi) is 5.15. The fourth-order valence-electron chi connectivity index (χ4n) is 2.89. The number of aromatic nitrogens is 3. The second-order valence-corrected chi connectivity index (χ2v) is 6.52. The van der Waals surface area contributed by atoms with Crippen LogP contribution in [0.4, 0.5) is 4.79 Å². The van der Waals surface area contributed by atoms with Crippen LogP contribution in [0.1, 0.15) is 12.6 Å². The third kappa shape index (κ3) is 3.38. The Bertz CT molecular complexity index is 943. The molecule has 0 amide bonds. The summed E-state index contributed by atoms with van der Waals surface area (Å²) in [6.45, 7) is 3.98. The Hall–Kier alpha value is -2.57. The topological polar surface area (TPSA) is 69.3 Å². The maximum atomic E-state index is 12.3. The molecule has 3 aromatic rings. The normalized spacial score (nSPS) is 12.2. The molecular weight excluding hydrogens is 354 g/mol. The van der Waals surface area contributed by atoms with Gasteiger partial charge in [-0.3, -0.25) is 9.25 Å². The molecule has 0 spiro atoms. The summed E-state index contributed by atoms with van der Waals surface area (Å²) < 4.78 is 8.06. The number of aliphatic hydroxyl groups is 1. The van der Waals surface area contributed by atoms with Crippen LogP contribution in [0.15, 0.2) is 42.7 Å². The lowest BCUT2D eigenvalue weighted by Crippen LogP contribution is -2.14. The molecule has 0 aliphatic rings. The molecule has 0 fully saturated rings. The maximum absolute atomic E-state index is 12.3. The highest BCUT2D eigenvalue weighted by atomic mass is 35.5. The van der Waals surface area contributed by atoms with Crippen LogP contribution in [-0.4, -0.2) is 38.8 Å². The Morgan fingerprint density at radius 2 is 2.08 bits per heavy atom. The average Bonchev–Trinajstić information content (AvgIpc) is 3.19. The quantitative estimate of drug-likeness (QED) is 0.751. The second-order valence-electron chi connectivity index (χ2n) is 6.11. The Morgan fingerprint density at radius 1 is 1.35 bits per heavy atom. The third-order valence-electron chi connectivity index (χ3n) is 4.19. The van der Waals surface area contributed by atoms with Crippen molar-refractivity contribution in [3.63, 3.8) is 0 Å². The van der Waals surface area contributed by atoms with Crippen LogP contribution in [0.5, 0.6) is 0 Å². The largest absolute Gasteiger partial charge is 0.452 e. The van der Waals surface area contributed by atoms with E-state index in [1.54, 1.807) is 30.1 Å². The lowest BCUT2D eigenvalue weighted by molar-refractivity contribution is 0.167. The molecule has 6 nitrogen and oxygen atoms in total. The van der Waals surface area contributed by atoms with Gasteiger partial charge in [-0.25, -0.2) is 4.79 Å². The SMILES string of the molecule is COC(=O)n1cc(-c2ccccc2Cl)cc1-c1cnn(C[C@H](C)O)c1C. The number of hydrogen-bond acceptors (Lipinski definition) is 4. The molecular formula is C19H20ClN3O3. The van der Waals surface area contributed by atoms with Crippen LogP contribution in [-0.2, 0) is 11.3 Å². The van der Waals surface area contributed by atoms with Crippen molar-refractivity contribution in [3.8, 4) is 22.4 Å². The molecule has 0 aliphatic heterocycles. The summed E-state index contributed by atoms with van der Waals surface area (Å²) in [7, 11) is 1.34. The van der Waals surface area contributed by atoms with E-state index in [1.165, 1.54) is 11.7 Å². The number of hydrogen-bond donors (Lipinski definition) is 1. The van der Waals surface area contributed by atoms with Gasteiger partial charge in [-0.05, 0) is 26.0 Å². The van der Waals surface area contributed by atoms with Gasteiger partial charge in [-0.1, -0.05) is 29.8 Å². The third-order valence-corrected chi connectivity index (χ3v) is 4.52. The highest BCUT2D eigenvalue weighted by Gasteiger charge is 2.20. The molecule has 2 heterocycles. The summed E-state index contributed by atoms with van der Waals surface area (Å²) in [6, 6.07) is 9.33. The molecule has 136 valence electrons. The first-order valence-electron chi connectivity index (χ1n) is 8.18. The minimum atomic E-state index is -0.521. The zero-order chi connectivity index (χ0) is 18.8. The molecule has 0 bridgehead atoms. The van der Waals surface area contributed by atoms with Gasteiger partial charge in [-0.2, -0.15) is 5.10 Å². The van der Waals surface area contributed by atoms with Crippen LogP contribution in [0.3, 0.4) is 0 Å². The molecule has 0 unspecified atom stereocenters. The first kappa shape index (κ1) is 18.2. The van der Waals surface area contributed by atoms with Gasteiger partial charge in [0.05, 0.1) is 31.6 Å². The summed E-state index contributed by atoms with van der Waals surface area (Å²) in [5.74, 6) is 0. The zero-order valence-electron chi connectivity index (χ0n) is 14.8. The smallest absolute Gasteiger partial charge is 0.418 e. The molecule has 7 heteroatoms. The number of carbonyl (C=O) groups excluding carboxylic acids is 1. The fraction of sp³-hybridized carbons (Fsp3) is 0.263. The highest BCUT2D eigenvalue weighted by Crippen LogP contribution is 2.34. The molecule has 0 radical (unpaired) electrons. The number of methoxy groups -OCH3 is 1. The summed E-state index contributed by atoms with van der Waals surface area (Å²) in [4.78, 5) is 12.3. The van der Waals surface area contributed by atoms with Crippen molar-refractivity contribution in [1.82, 2.24) is 14.3 Å². The predicted molar refractivity (Wildman–Crippen MR) is 100 cm³/mol. The van der Waals surface area contributed by atoms with Crippen LogP contribution in [0.25, 0.3) is 22.4 Å². The number of halogens is 1. The van der Waals surface area contributed by atoms with E-state index in [4.69, 9.17) is 16.3 Å².